The Kier molecular flexibility index (Phi) is 10.9. The minimum Gasteiger partial charge on any atom is -1.00 e. The molecule has 1 aromatic heterocycles. The van der Waals surface area contributed by atoms with Crippen molar-refractivity contribution in [1.82, 2.24) is 4.98 Å². The molecule has 2 heterocycles. The highest BCUT2D eigenvalue weighted by molar-refractivity contribution is 6.10. The maximum atomic E-state index is 14.2. The van der Waals surface area contributed by atoms with Gasteiger partial charge in [0, 0.05) is 41.6 Å². The second-order valence-corrected chi connectivity index (χ2v) is 9.47. The fourth-order valence-corrected chi connectivity index (χ4v) is 4.95. The van der Waals surface area contributed by atoms with Crippen molar-refractivity contribution in [2.45, 2.75) is 13.5 Å². The van der Waals surface area contributed by atoms with Gasteiger partial charge in [0.1, 0.15) is 35.2 Å². The van der Waals surface area contributed by atoms with Crippen LogP contribution >= 0.6 is 0 Å². The first-order valence-electron chi connectivity index (χ1n) is 12.9. The van der Waals surface area contributed by atoms with Crippen molar-refractivity contribution in [3.8, 4) is 17.2 Å². The van der Waals surface area contributed by atoms with Crippen LogP contribution in [0.4, 0.5) is 11.4 Å². The molecule has 1 unspecified atom stereocenters. The summed E-state index contributed by atoms with van der Waals surface area (Å²) < 4.78 is 22.5. The lowest BCUT2D eigenvalue weighted by atomic mass is 9.86. The van der Waals surface area contributed by atoms with E-state index < -0.39 is 5.97 Å². The molecular formula is C32H31Cl2N3O6. The third-order valence-electron chi connectivity index (χ3n) is 7.02. The van der Waals surface area contributed by atoms with E-state index in [1.807, 2.05) is 37.3 Å². The first-order valence-corrected chi connectivity index (χ1v) is 12.9. The third-order valence-corrected chi connectivity index (χ3v) is 7.02. The van der Waals surface area contributed by atoms with E-state index in [1.165, 1.54) is 7.11 Å². The van der Waals surface area contributed by atoms with Crippen molar-refractivity contribution in [3.05, 3.63) is 113 Å². The molecule has 0 fully saturated rings. The molecule has 0 saturated heterocycles. The van der Waals surface area contributed by atoms with Gasteiger partial charge >= 0.3 is 11.9 Å². The number of rotatable bonds is 8. The highest BCUT2D eigenvalue weighted by atomic mass is 35.5. The molecule has 43 heavy (non-hydrogen) atoms. The predicted molar refractivity (Wildman–Crippen MR) is 151 cm³/mol. The third kappa shape index (κ3) is 6.50. The lowest BCUT2D eigenvalue weighted by molar-refractivity contribution is -0.690. The largest absolute Gasteiger partial charge is 1.00 e. The van der Waals surface area contributed by atoms with Crippen LogP contribution in [0.15, 0.2) is 84.7 Å². The van der Waals surface area contributed by atoms with E-state index in [0.29, 0.717) is 45.2 Å². The van der Waals surface area contributed by atoms with E-state index in [1.54, 1.807) is 62.9 Å². The molecule has 5 rings (SSSR count). The second-order valence-electron chi connectivity index (χ2n) is 9.47. The normalized spacial score (nSPS) is 13.7. The number of hydrogen-bond donors (Lipinski definition) is 2. The quantitative estimate of drug-likeness (QED) is 0.203. The van der Waals surface area contributed by atoms with E-state index in [9.17, 15) is 9.59 Å². The van der Waals surface area contributed by atoms with E-state index in [4.69, 9.17) is 18.9 Å². The molecule has 0 saturated carbocycles. The zero-order valence-corrected chi connectivity index (χ0v) is 25.6. The molecule has 0 spiro atoms. The number of halogens is 2. The second kappa shape index (κ2) is 14.2. The van der Waals surface area contributed by atoms with Crippen molar-refractivity contribution >= 4 is 28.8 Å². The summed E-state index contributed by atoms with van der Waals surface area (Å²) in [4.78, 5) is 32.2. The van der Waals surface area contributed by atoms with Crippen LogP contribution in [-0.2, 0) is 16.1 Å². The predicted octanol–water partition coefficient (Wildman–Crippen LogP) is -2.83. The van der Waals surface area contributed by atoms with Gasteiger partial charge in [0.2, 0.25) is 5.70 Å². The summed E-state index contributed by atoms with van der Waals surface area (Å²) in [7, 11) is 4.44. The Labute approximate surface area is 262 Å². The number of benzene rings is 3. The van der Waals surface area contributed by atoms with Gasteiger partial charge in [0.25, 0.3) is 0 Å². The molecule has 0 bridgehead atoms. The fourth-order valence-electron chi connectivity index (χ4n) is 4.95. The number of nitrogens with zero attached hydrogens (tertiary/aromatic N) is 1. The highest BCUT2D eigenvalue weighted by Gasteiger charge is 2.44. The van der Waals surface area contributed by atoms with Crippen LogP contribution in [0, 0.1) is 6.92 Å². The van der Waals surface area contributed by atoms with Gasteiger partial charge in [-0.1, -0.05) is 6.07 Å². The maximum absolute atomic E-state index is 14.2. The van der Waals surface area contributed by atoms with E-state index in [0.717, 1.165) is 16.9 Å². The minimum absolute atomic E-state index is 0. The van der Waals surface area contributed by atoms with Gasteiger partial charge in [-0.25, -0.2) is 9.59 Å². The number of amides is 1. The summed E-state index contributed by atoms with van der Waals surface area (Å²) in [5.74, 6) is 0.688. The van der Waals surface area contributed by atoms with Crippen LogP contribution in [0.5, 0.6) is 17.2 Å². The van der Waals surface area contributed by atoms with Crippen LogP contribution in [0.2, 0.25) is 0 Å². The number of esters is 1. The van der Waals surface area contributed by atoms with E-state index in [2.05, 4.69) is 10.7 Å². The number of ether oxygens (including phenoxy) is 4. The number of nitrogens with one attached hydrogen (secondary N) is 1. The Morgan fingerprint density at radius 2 is 1.56 bits per heavy atom. The number of pyridine rings is 1. The smallest absolute Gasteiger partial charge is 0.394 e. The number of carbonyl (C=O) groups excluding carboxylic acids is 2. The first-order chi connectivity index (χ1) is 19.9. The number of quaternary nitrogens is 2. The number of aromatic nitrogens is 1. The Balaban J connectivity index is 0.00000253. The average molecular weight is 625 g/mol. The Morgan fingerprint density at radius 1 is 0.884 bits per heavy atom. The fraction of sp³-hybridized carbons (Fsp3) is 0.156. The highest BCUT2D eigenvalue weighted by Crippen LogP contribution is 2.39. The summed E-state index contributed by atoms with van der Waals surface area (Å²) in [6.45, 7) is 2.12. The molecule has 1 amide bonds. The topological polar surface area (TPSA) is 116 Å². The number of fused-ring (bicyclic) bond motifs is 1. The van der Waals surface area contributed by atoms with Crippen LogP contribution in [-0.4, -0.2) is 38.2 Å². The zero-order chi connectivity index (χ0) is 29.1. The lowest BCUT2D eigenvalue weighted by Gasteiger charge is -2.27. The van der Waals surface area contributed by atoms with Gasteiger partial charge in [-0.3, -0.25) is 4.98 Å². The SMILES string of the molecule is COC(=O)C1=C(c2cc(OC)c(C)c(OC)c2)c2ccc(OCc3ccccn3)cc2C(=O)[NH+]1c1ccc([NH3+])cc1.[Cl-].[Cl-]. The molecule has 224 valence electrons. The van der Waals surface area contributed by atoms with Crippen molar-refractivity contribution in [2.75, 3.05) is 21.3 Å². The van der Waals surface area contributed by atoms with Gasteiger partial charge in [0.05, 0.1) is 38.2 Å². The summed E-state index contributed by atoms with van der Waals surface area (Å²) in [5.41, 5.74) is 9.11. The molecular weight excluding hydrogens is 593 g/mol. The van der Waals surface area contributed by atoms with Crippen LogP contribution in [0.1, 0.15) is 32.7 Å². The lowest BCUT2D eigenvalue weighted by Crippen LogP contribution is -3.09. The van der Waals surface area contributed by atoms with E-state index in [-0.39, 0.29) is 47.9 Å². The monoisotopic (exact) mass is 623 g/mol. The molecule has 1 atom stereocenters. The van der Waals surface area contributed by atoms with Crippen molar-refractivity contribution in [1.29, 1.82) is 0 Å². The van der Waals surface area contributed by atoms with Crippen LogP contribution in [0.25, 0.3) is 5.57 Å². The Hall–Kier alpha value is -4.41. The molecule has 1 aliphatic rings. The molecule has 1 aliphatic heterocycles. The van der Waals surface area contributed by atoms with Gasteiger partial charge in [-0.15, -0.1) is 0 Å². The summed E-state index contributed by atoms with van der Waals surface area (Å²) >= 11 is 0. The average Bonchev–Trinajstić information content (AvgIpc) is 3.01. The van der Waals surface area contributed by atoms with Crippen LogP contribution in [0.3, 0.4) is 0 Å². The van der Waals surface area contributed by atoms with Gasteiger partial charge in [0.15, 0.2) is 0 Å². The number of hydrogen-bond acceptors (Lipinski definition) is 7. The summed E-state index contributed by atoms with van der Waals surface area (Å²) in [6.07, 6.45) is 1.70. The molecule has 9 nitrogen and oxygen atoms in total. The number of carbonyl (C=O) groups is 2. The number of methoxy groups -OCH3 is 3. The minimum atomic E-state index is -0.637. The molecule has 11 heteroatoms. The van der Waals surface area contributed by atoms with Gasteiger partial charge in [-0.05, 0) is 55.0 Å². The molecule has 4 aromatic rings. The standard InChI is InChI=1S/C32H29N3O6.2ClH/c1-19-27(38-2)15-20(16-28(19)39-3)29-25-13-12-24(41-18-22-7-5-6-14-34-22)17-26(25)31(36)35(30(29)32(37)40-4)23-10-8-21(33)9-11-23;;/h5-17H,18,33H2,1-4H3;2*1H. The maximum Gasteiger partial charge on any atom is 0.394 e. The molecule has 0 aliphatic carbocycles. The van der Waals surface area contributed by atoms with Crippen molar-refractivity contribution in [3.63, 3.8) is 0 Å². The van der Waals surface area contributed by atoms with Crippen molar-refractivity contribution < 1.29 is 64.0 Å². The molecule has 3 aromatic carbocycles. The van der Waals surface area contributed by atoms with Gasteiger partial charge in [-0.2, -0.15) is 4.90 Å². The van der Waals surface area contributed by atoms with Gasteiger partial charge < -0.3 is 49.5 Å². The molecule has 4 N–H and O–H groups in total. The Bertz CT molecular complexity index is 1630. The summed E-state index contributed by atoms with van der Waals surface area (Å²) in [6, 6.07) is 21.7. The first kappa shape index (κ1) is 33.1. The van der Waals surface area contributed by atoms with Crippen molar-refractivity contribution in [2.24, 2.45) is 0 Å². The Morgan fingerprint density at radius 3 is 2.14 bits per heavy atom. The zero-order valence-electron chi connectivity index (χ0n) is 24.1. The van der Waals surface area contributed by atoms with E-state index >= 15 is 0 Å². The summed E-state index contributed by atoms with van der Waals surface area (Å²) in [5, 5.41) is 0. The molecule has 0 radical (unpaired) electrons. The van der Waals surface area contributed by atoms with Crippen LogP contribution < -0.4 is 49.7 Å².